The molecule has 21 heavy (non-hydrogen) atoms. The molecule has 0 amide bonds. The standard InChI is InChI=1S/C15H17N3O3/c1-3-20-15(19)12-14(17-10(2)13(16)18-12)21-9-11-7-5-4-6-8-11/h4-8H,3,9H2,1-2H3,(H2,16,18). The van der Waals surface area contributed by atoms with Crippen LogP contribution in [-0.4, -0.2) is 22.5 Å². The second-order valence-corrected chi connectivity index (χ2v) is 4.34. The average Bonchev–Trinajstić information content (AvgIpc) is 2.49. The molecule has 0 aliphatic heterocycles. The maximum Gasteiger partial charge on any atom is 0.362 e. The van der Waals surface area contributed by atoms with Crippen LogP contribution in [0.15, 0.2) is 30.3 Å². The summed E-state index contributed by atoms with van der Waals surface area (Å²) in [6, 6.07) is 9.57. The zero-order valence-electron chi connectivity index (χ0n) is 12.0. The Balaban J connectivity index is 2.24. The van der Waals surface area contributed by atoms with Gasteiger partial charge in [-0.3, -0.25) is 0 Å². The van der Waals surface area contributed by atoms with Crippen LogP contribution in [0.4, 0.5) is 5.82 Å². The predicted octanol–water partition coefficient (Wildman–Crippen LogP) is 2.12. The summed E-state index contributed by atoms with van der Waals surface area (Å²) in [5.41, 5.74) is 7.16. The monoisotopic (exact) mass is 287 g/mol. The first-order valence-electron chi connectivity index (χ1n) is 6.59. The maximum atomic E-state index is 11.9. The number of rotatable bonds is 5. The molecule has 2 rings (SSSR count). The number of aryl methyl sites for hydroxylation is 1. The molecule has 0 fully saturated rings. The highest BCUT2D eigenvalue weighted by Gasteiger charge is 2.19. The van der Waals surface area contributed by atoms with Crippen LogP contribution in [0.5, 0.6) is 5.88 Å². The molecule has 2 N–H and O–H groups in total. The quantitative estimate of drug-likeness (QED) is 0.847. The van der Waals surface area contributed by atoms with E-state index in [9.17, 15) is 4.79 Å². The van der Waals surface area contributed by atoms with Gasteiger partial charge in [0.15, 0.2) is 0 Å². The lowest BCUT2D eigenvalue weighted by Gasteiger charge is -2.11. The Hall–Kier alpha value is -2.63. The van der Waals surface area contributed by atoms with Crippen LogP contribution in [-0.2, 0) is 11.3 Å². The van der Waals surface area contributed by atoms with E-state index in [1.54, 1.807) is 13.8 Å². The number of aromatic nitrogens is 2. The van der Waals surface area contributed by atoms with Gasteiger partial charge in [-0.2, -0.15) is 0 Å². The van der Waals surface area contributed by atoms with Crippen molar-refractivity contribution in [3.05, 3.63) is 47.3 Å². The summed E-state index contributed by atoms with van der Waals surface area (Å²) in [5, 5.41) is 0. The van der Waals surface area contributed by atoms with E-state index in [1.165, 1.54) is 0 Å². The van der Waals surface area contributed by atoms with Crippen LogP contribution < -0.4 is 10.5 Å². The van der Waals surface area contributed by atoms with Crippen molar-refractivity contribution in [2.24, 2.45) is 0 Å². The Kier molecular flexibility index (Phi) is 4.71. The molecule has 0 aliphatic carbocycles. The van der Waals surface area contributed by atoms with Crippen molar-refractivity contribution in [1.82, 2.24) is 9.97 Å². The molecule has 0 bridgehead atoms. The molecule has 1 heterocycles. The number of nitrogen functional groups attached to an aromatic ring is 1. The van der Waals surface area contributed by atoms with Gasteiger partial charge in [0.05, 0.1) is 12.3 Å². The lowest BCUT2D eigenvalue weighted by Crippen LogP contribution is -2.14. The highest BCUT2D eigenvalue weighted by Crippen LogP contribution is 2.19. The Morgan fingerprint density at radius 1 is 1.24 bits per heavy atom. The first-order valence-corrected chi connectivity index (χ1v) is 6.59. The summed E-state index contributed by atoms with van der Waals surface area (Å²) in [6.45, 7) is 3.94. The van der Waals surface area contributed by atoms with Gasteiger partial charge >= 0.3 is 5.97 Å². The van der Waals surface area contributed by atoms with Crippen molar-refractivity contribution in [2.45, 2.75) is 20.5 Å². The molecule has 0 saturated heterocycles. The normalized spacial score (nSPS) is 10.2. The number of nitrogens with zero attached hydrogens (tertiary/aromatic N) is 2. The SMILES string of the molecule is CCOC(=O)c1nc(N)c(C)nc1OCc1ccccc1. The molecule has 1 aromatic carbocycles. The van der Waals surface area contributed by atoms with Gasteiger partial charge in [0, 0.05) is 0 Å². The zero-order valence-corrected chi connectivity index (χ0v) is 12.0. The number of hydrogen-bond donors (Lipinski definition) is 1. The third-order valence-electron chi connectivity index (χ3n) is 2.76. The van der Waals surface area contributed by atoms with E-state index >= 15 is 0 Å². The van der Waals surface area contributed by atoms with E-state index in [1.807, 2.05) is 30.3 Å². The minimum absolute atomic E-state index is 0.00381. The fourth-order valence-corrected chi connectivity index (χ4v) is 1.67. The molecule has 1 aromatic heterocycles. The number of carbonyl (C=O) groups excluding carboxylic acids is 1. The Bertz CT molecular complexity index is 630. The number of anilines is 1. The molecule has 6 heteroatoms. The van der Waals surface area contributed by atoms with Crippen LogP contribution in [0.2, 0.25) is 0 Å². The molecule has 0 unspecified atom stereocenters. The number of esters is 1. The van der Waals surface area contributed by atoms with Gasteiger partial charge in [-0.25, -0.2) is 14.8 Å². The summed E-state index contributed by atoms with van der Waals surface area (Å²) < 4.78 is 10.5. The minimum atomic E-state index is -0.597. The number of carbonyl (C=O) groups is 1. The van der Waals surface area contributed by atoms with Crippen LogP contribution in [0.25, 0.3) is 0 Å². The van der Waals surface area contributed by atoms with Crippen molar-refractivity contribution < 1.29 is 14.3 Å². The zero-order chi connectivity index (χ0) is 15.2. The third kappa shape index (κ3) is 3.68. The lowest BCUT2D eigenvalue weighted by atomic mass is 10.2. The highest BCUT2D eigenvalue weighted by atomic mass is 16.5. The molecule has 0 atom stereocenters. The summed E-state index contributed by atoms with van der Waals surface area (Å²) >= 11 is 0. The van der Waals surface area contributed by atoms with Gasteiger partial charge in [-0.15, -0.1) is 0 Å². The van der Waals surface area contributed by atoms with Gasteiger partial charge in [-0.05, 0) is 19.4 Å². The fourth-order valence-electron chi connectivity index (χ4n) is 1.67. The van der Waals surface area contributed by atoms with Crippen LogP contribution in [0.3, 0.4) is 0 Å². The summed E-state index contributed by atoms with van der Waals surface area (Å²) in [5.74, 6) is -0.283. The van der Waals surface area contributed by atoms with E-state index in [0.29, 0.717) is 5.69 Å². The van der Waals surface area contributed by atoms with Crippen molar-refractivity contribution in [3.63, 3.8) is 0 Å². The molecular weight excluding hydrogens is 270 g/mol. The third-order valence-corrected chi connectivity index (χ3v) is 2.76. The molecule has 0 saturated carbocycles. The van der Waals surface area contributed by atoms with Crippen LogP contribution in [0.1, 0.15) is 28.7 Å². The van der Waals surface area contributed by atoms with Crippen molar-refractivity contribution in [1.29, 1.82) is 0 Å². The summed E-state index contributed by atoms with van der Waals surface area (Å²) in [7, 11) is 0. The first kappa shape index (κ1) is 14.8. The fraction of sp³-hybridized carbons (Fsp3) is 0.267. The lowest BCUT2D eigenvalue weighted by molar-refractivity contribution is 0.0512. The summed E-state index contributed by atoms with van der Waals surface area (Å²) in [4.78, 5) is 20.1. The molecular formula is C15H17N3O3. The van der Waals surface area contributed by atoms with Gasteiger partial charge < -0.3 is 15.2 Å². The van der Waals surface area contributed by atoms with Gasteiger partial charge in [-0.1, -0.05) is 30.3 Å². The van der Waals surface area contributed by atoms with E-state index in [2.05, 4.69) is 9.97 Å². The number of ether oxygens (including phenoxy) is 2. The molecule has 110 valence electrons. The van der Waals surface area contributed by atoms with E-state index in [0.717, 1.165) is 5.56 Å². The minimum Gasteiger partial charge on any atom is -0.471 e. The number of nitrogens with two attached hydrogens (primary N) is 1. The van der Waals surface area contributed by atoms with E-state index in [-0.39, 0.29) is 30.6 Å². The maximum absolute atomic E-state index is 11.9. The van der Waals surface area contributed by atoms with Crippen molar-refractivity contribution in [2.75, 3.05) is 12.3 Å². The highest BCUT2D eigenvalue weighted by molar-refractivity contribution is 5.90. The van der Waals surface area contributed by atoms with Crippen molar-refractivity contribution >= 4 is 11.8 Å². The topological polar surface area (TPSA) is 87.3 Å². The molecule has 6 nitrogen and oxygen atoms in total. The Morgan fingerprint density at radius 3 is 2.62 bits per heavy atom. The molecule has 0 aliphatic rings. The van der Waals surface area contributed by atoms with E-state index < -0.39 is 5.97 Å². The van der Waals surface area contributed by atoms with E-state index in [4.69, 9.17) is 15.2 Å². The van der Waals surface area contributed by atoms with Gasteiger partial charge in [0.25, 0.3) is 0 Å². The predicted molar refractivity (Wildman–Crippen MR) is 77.9 cm³/mol. The van der Waals surface area contributed by atoms with Gasteiger partial charge in [0.1, 0.15) is 12.4 Å². The Labute approximate surface area is 122 Å². The van der Waals surface area contributed by atoms with Crippen molar-refractivity contribution in [3.8, 4) is 5.88 Å². The van der Waals surface area contributed by atoms with Crippen LogP contribution >= 0.6 is 0 Å². The smallest absolute Gasteiger partial charge is 0.362 e. The number of hydrogen-bond acceptors (Lipinski definition) is 6. The van der Waals surface area contributed by atoms with Crippen LogP contribution in [0, 0.1) is 6.92 Å². The second-order valence-electron chi connectivity index (χ2n) is 4.34. The first-order chi connectivity index (χ1) is 10.1. The second kappa shape index (κ2) is 6.69. The Morgan fingerprint density at radius 2 is 1.95 bits per heavy atom. The molecule has 2 aromatic rings. The molecule has 0 radical (unpaired) electrons. The average molecular weight is 287 g/mol. The number of benzene rings is 1. The summed E-state index contributed by atoms with van der Waals surface area (Å²) in [6.07, 6.45) is 0. The van der Waals surface area contributed by atoms with Gasteiger partial charge in [0.2, 0.25) is 11.6 Å². The largest absolute Gasteiger partial charge is 0.471 e. The molecule has 0 spiro atoms.